The average molecular weight is 340 g/mol. The predicted molar refractivity (Wildman–Crippen MR) is 93.8 cm³/mol. The number of nitrogens with one attached hydrogen (secondary N) is 1. The van der Waals surface area contributed by atoms with Crippen molar-refractivity contribution in [2.24, 2.45) is 11.7 Å². The summed E-state index contributed by atoms with van der Waals surface area (Å²) in [5.74, 6) is 1.80. The molecule has 1 fully saturated rings. The standard InChI is InChI=1S/C16H16N6OS/c17-16(23)22-8-10(9-22)7-19-13-11-4-6-24-15(11)21-14(20-13)12-3-1-2-5-18-12/h1-6,10H,7-9H2,(H2,17,23)(H,19,20,21). The Bertz CT molecular complexity index is 875. The topological polar surface area (TPSA) is 97.0 Å². The highest BCUT2D eigenvalue weighted by Crippen LogP contribution is 2.28. The van der Waals surface area contributed by atoms with E-state index in [2.05, 4.69) is 20.3 Å². The van der Waals surface area contributed by atoms with Crippen molar-refractivity contribution < 1.29 is 4.79 Å². The van der Waals surface area contributed by atoms with Gasteiger partial charge in [-0.3, -0.25) is 4.98 Å². The number of urea groups is 1. The van der Waals surface area contributed by atoms with Crippen LogP contribution in [0.5, 0.6) is 0 Å². The summed E-state index contributed by atoms with van der Waals surface area (Å²) in [6, 6.07) is 7.35. The van der Waals surface area contributed by atoms with Crippen molar-refractivity contribution in [3.8, 4) is 11.5 Å². The monoisotopic (exact) mass is 340 g/mol. The molecular formula is C16H16N6OS. The third-order valence-corrected chi connectivity index (χ3v) is 4.85. The third kappa shape index (κ3) is 2.76. The predicted octanol–water partition coefficient (Wildman–Crippen LogP) is 2.18. The summed E-state index contributed by atoms with van der Waals surface area (Å²) in [5, 5.41) is 6.40. The van der Waals surface area contributed by atoms with E-state index in [-0.39, 0.29) is 6.03 Å². The van der Waals surface area contributed by atoms with Crippen LogP contribution in [0.15, 0.2) is 35.8 Å². The van der Waals surface area contributed by atoms with Crippen molar-refractivity contribution in [3.63, 3.8) is 0 Å². The molecule has 1 saturated heterocycles. The molecule has 0 saturated carbocycles. The minimum atomic E-state index is -0.356. The number of hydrogen-bond acceptors (Lipinski definition) is 6. The fourth-order valence-corrected chi connectivity index (χ4v) is 3.48. The molecule has 0 aromatic carbocycles. The fourth-order valence-electron chi connectivity index (χ4n) is 2.72. The number of nitrogens with zero attached hydrogens (tertiary/aromatic N) is 4. The minimum absolute atomic E-state index is 0.356. The van der Waals surface area contributed by atoms with Crippen LogP contribution in [0.4, 0.5) is 10.6 Å². The van der Waals surface area contributed by atoms with Crippen LogP contribution < -0.4 is 11.1 Å². The summed E-state index contributed by atoms with van der Waals surface area (Å²) in [6.07, 6.45) is 1.73. The maximum atomic E-state index is 11.0. The Kier molecular flexibility index (Phi) is 3.73. The maximum absolute atomic E-state index is 11.0. The molecule has 122 valence electrons. The van der Waals surface area contributed by atoms with Crippen molar-refractivity contribution >= 4 is 33.4 Å². The molecule has 8 heteroatoms. The summed E-state index contributed by atoms with van der Waals surface area (Å²) in [5.41, 5.74) is 6.00. The molecule has 0 aliphatic carbocycles. The van der Waals surface area contributed by atoms with Crippen LogP contribution >= 0.6 is 11.3 Å². The zero-order valence-corrected chi connectivity index (χ0v) is 13.7. The molecule has 2 amide bonds. The molecule has 24 heavy (non-hydrogen) atoms. The van der Waals surface area contributed by atoms with Gasteiger partial charge in [-0.15, -0.1) is 11.3 Å². The van der Waals surface area contributed by atoms with Gasteiger partial charge in [0.15, 0.2) is 5.82 Å². The molecule has 1 aliphatic heterocycles. The number of nitrogens with two attached hydrogens (primary N) is 1. The van der Waals surface area contributed by atoms with Gasteiger partial charge in [-0.05, 0) is 23.6 Å². The van der Waals surface area contributed by atoms with Gasteiger partial charge in [-0.1, -0.05) is 6.07 Å². The molecule has 0 atom stereocenters. The van der Waals surface area contributed by atoms with Crippen LogP contribution in [0.2, 0.25) is 0 Å². The van der Waals surface area contributed by atoms with Gasteiger partial charge in [0.25, 0.3) is 0 Å². The molecule has 7 nitrogen and oxygen atoms in total. The molecule has 1 aliphatic rings. The van der Waals surface area contributed by atoms with Crippen molar-refractivity contribution in [2.75, 3.05) is 25.0 Å². The molecule has 3 aromatic rings. The van der Waals surface area contributed by atoms with Gasteiger partial charge in [0.2, 0.25) is 0 Å². The van der Waals surface area contributed by atoms with Crippen molar-refractivity contribution in [2.45, 2.75) is 0 Å². The van der Waals surface area contributed by atoms with E-state index < -0.39 is 0 Å². The molecule has 0 bridgehead atoms. The number of anilines is 1. The molecule has 0 unspecified atom stereocenters. The molecule has 0 radical (unpaired) electrons. The lowest BCUT2D eigenvalue weighted by atomic mass is 10.0. The number of carbonyl (C=O) groups excluding carboxylic acids is 1. The van der Waals surface area contributed by atoms with Gasteiger partial charge in [0.1, 0.15) is 16.3 Å². The SMILES string of the molecule is NC(=O)N1CC(CNc2nc(-c3ccccn3)nc3sccc23)C1. The Labute approximate surface area is 142 Å². The van der Waals surface area contributed by atoms with Crippen LogP contribution in [0.3, 0.4) is 0 Å². The van der Waals surface area contributed by atoms with Gasteiger partial charge in [0.05, 0.1) is 5.39 Å². The smallest absolute Gasteiger partial charge is 0.314 e. The quantitative estimate of drug-likeness (QED) is 0.759. The van der Waals surface area contributed by atoms with Crippen LogP contribution in [0, 0.1) is 5.92 Å². The zero-order valence-electron chi connectivity index (χ0n) is 12.8. The van der Waals surface area contributed by atoms with E-state index in [9.17, 15) is 4.79 Å². The molecule has 4 rings (SSSR count). The summed E-state index contributed by atoms with van der Waals surface area (Å²) in [4.78, 5) is 27.2. The number of likely N-dealkylation sites (tertiary alicyclic amines) is 1. The van der Waals surface area contributed by atoms with Gasteiger partial charge in [-0.2, -0.15) is 0 Å². The summed E-state index contributed by atoms with van der Waals surface area (Å²) in [6.45, 7) is 2.12. The van der Waals surface area contributed by atoms with E-state index in [0.29, 0.717) is 24.8 Å². The number of hydrogen-bond donors (Lipinski definition) is 2. The summed E-state index contributed by atoms with van der Waals surface area (Å²) < 4.78 is 0. The lowest BCUT2D eigenvalue weighted by molar-refractivity contribution is 0.134. The number of fused-ring (bicyclic) bond motifs is 1. The first-order valence-corrected chi connectivity index (χ1v) is 8.53. The number of amides is 2. The van der Waals surface area contributed by atoms with Crippen LogP contribution in [-0.4, -0.2) is 45.5 Å². The lowest BCUT2D eigenvalue weighted by Gasteiger charge is -2.38. The highest BCUT2D eigenvalue weighted by molar-refractivity contribution is 7.16. The third-order valence-electron chi connectivity index (χ3n) is 4.05. The fraction of sp³-hybridized carbons (Fsp3) is 0.250. The first kappa shape index (κ1) is 14.8. The normalized spacial score (nSPS) is 14.6. The molecule has 4 heterocycles. The second-order valence-electron chi connectivity index (χ2n) is 5.74. The molecule has 0 spiro atoms. The van der Waals surface area contributed by atoms with Gasteiger partial charge in [-0.25, -0.2) is 14.8 Å². The average Bonchev–Trinajstić information content (AvgIpc) is 3.02. The van der Waals surface area contributed by atoms with E-state index >= 15 is 0 Å². The Morgan fingerprint density at radius 1 is 1.33 bits per heavy atom. The van der Waals surface area contributed by atoms with Crippen LogP contribution in [-0.2, 0) is 0 Å². The van der Waals surface area contributed by atoms with E-state index in [4.69, 9.17) is 5.73 Å². The number of primary amides is 1. The number of pyridine rings is 1. The Balaban J connectivity index is 1.56. The molecule has 3 N–H and O–H groups in total. The van der Waals surface area contributed by atoms with Crippen LogP contribution in [0.25, 0.3) is 21.7 Å². The number of aromatic nitrogens is 3. The van der Waals surface area contributed by atoms with Crippen LogP contribution in [0.1, 0.15) is 0 Å². The van der Waals surface area contributed by atoms with E-state index in [1.807, 2.05) is 29.6 Å². The molecule has 3 aromatic heterocycles. The summed E-state index contributed by atoms with van der Waals surface area (Å²) >= 11 is 1.58. The van der Waals surface area contributed by atoms with E-state index in [0.717, 1.165) is 28.3 Å². The van der Waals surface area contributed by atoms with Gasteiger partial charge >= 0.3 is 6.03 Å². The lowest BCUT2D eigenvalue weighted by Crippen LogP contribution is -2.54. The van der Waals surface area contributed by atoms with Gasteiger partial charge in [0, 0.05) is 31.7 Å². The Morgan fingerprint density at radius 3 is 2.96 bits per heavy atom. The summed E-state index contributed by atoms with van der Waals surface area (Å²) in [7, 11) is 0. The number of rotatable bonds is 4. The number of thiophene rings is 1. The van der Waals surface area contributed by atoms with Crippen molar-refractivity contribution in [1.29, 1.82) is 0 Å². The first-order valence-electron chi connectivity index (χ1n) is 7.65. The van der Waals surface area contributed by atoms with E-state index in [1.54, 1.807) is 22.4 Å². The van der Waals surface area contributed by atoms with E-state index in [1.165, 1.54) is 0 Å². The van der Waals surface area contributed by atoms with Crippen molar-refractivity contribution in [3.05, 3.63) is 35.8 Å². The highest BCUT2D eigenvalue weighted by Gasteiger charge is 2.29. The Morgan fingerprint density at radius 2 is 2.21 bits per heavy atom. The second-order valence-corrected chi connectivity index (χ2v) is 6.63. The largest absolute Gasteiger partial charge is 0.369 e. The number of carbonyl (C=O) groups is 1. The molecular weight excluding hydrogens is 324 g/mol. The first-order chi connectivity index (χ1) is 11.7. The highest BCUT2D eigenvalue weighted by atomic mass is 32.1. The van der Waals surface area contributed by atoms with Crippen molar-refractivity contribution in [1.82, 2.24) is 19.9 Å². The van der Waals surface area contributed by atoms with Gasteiger partial charge < -0.3 is 16.0 Å². The Hall–Kier alpha value is -2.74. The second kappa shape index (κ2) is 6.04. The maximum Gasteiger partial charge on any atom is 0.314 e. The minimum Gasteiger partial charge on any atom is -0.369 e. The zero-order chi connectivity index (χ0) is 16.5.